The van der Waals surface area contributed by atoms with Crippen molar-refractivity contribution in [2.45, 2.75) is 25.8 Å². The number of carbonyl (C=O) groups excluding carboxylic acids is 1. The maximum atomic E-state index is 10.7. The molecule has 1 aliphatic rings. The van der Waals surface area contributed by atoms with Gasteiger partial charge in [0.1, 0.15) is 0 Å². The molecule has 0 amide bonds. The number of rotatable bonds is 4. The van der Waals surface area contributed by atoms with Crippen molar-refractivity contribution in [3.05, 3.63) is 12.3 Å². The lowest BCUT2D eigenvalue weighted by Crippen LogP contribution is -2.08. The van der Waals surface area contributed by atoms with Gasteiger partial charge in [-0.25, -0.2) is 4.79 Å². The van der Waals surface area contributed by atoms with Gasteiger partial charge in [-0.2, -0.15) is 0 Å². The first-order valence-corrected chi connectivity index (χ1v) is 3.92. The third kappa shape index (κ3) is 3.65. The molecule has 0 spiro atoms. The molecule has 0 saturated heterocycles. The standard InChI is InChI=1S/C8H13NO2/c1-2-11-8(10)5-6-9-7-3-4-7/h5-7,9H,2-4H2,1H3. The zero-order valence-electron chi connectivity index (χ0n) is 6.67. The van der Waals surface area contributed by atoms with Gasteiger partial charge < -0.3 is 10.1 Å². The second kappa shape index (κ2) is 4.01. The minimum atomic E-state index is -0.277. The van der Waals surface area contributed by atoms with E-state index in [2.05, 4.69) is 10.1 Å². The van der Waals surface area contributed by atoms with Crippen molar-refractivity contribution in [2.24, 2.45) is 0 Å². The van der Waals surface area contributed by atoms with Crippen LogP contribution in [0.15, 0.2) is 12.3 Å². The quantitative estimate of drug-likeness (QED) is 0.482. The predicted octanol–water partition coefficient (Wildman–Crippen LogP) is 0.815. The van der Waals surface area contributed by atoms with E-state index in [0.717, 1.165) is 0 Å². The fraction of sp³-hybridized carbons (Fsp3) is 0.625. The summed E-state index contributed by atoms with van der Waals surface area (Å²) in [5, 5.41) is 3.06. The highest BCUT2D eigenvalue weighted by Crippen LogP contribution is 2.18. The number of carbonyl (C=O) groups is 1. The highest BCUT2D eigenvalue weighted by molar-refractivity contribution is 5.81. The van der Waals surface area contributed by atoms with Gasteiger partial charge in [-0.3, -0.25) is 0 Å². The van der Waals surface area contributed by atoms with Gasteiger partial charge in [0, 0.05) is 18.3 Å². The number of nitrogens with one attached hydrogen (secondary N) is 1. The predicted molar refractivity (Wildman–Crippen MR) is 41.9 cm³/mol. The van der Waals surface area contributed by atoms with Crippen LogP contribution >= 0.6 is 0 Å². The number of hydrogen-bond donors (Lipinski definition) is 1. The van der Waals surface area contributed by atoms with Crippen LogP contribution in [0.2, 0.25) is 0 Å². The fourth-order valence-electron chi connectivity index (χ4n) is 0.693. The molecule has 0 aromatic rings. The first-order valence-electron chi connectivity index (χ1n) is 3.92. The van der Waals surface area contributed by atoms with Crippen LogP contribution in [-0.4, -0.2) is 18.6 Å². The monoisotopic (exact) mass is 155 g/mol. The van der Waals surface area contributed by atoms with Gasteiger partial charge in [-0.05, 0) is 19.8 Å². The molecule has 1 saturated carbocycles. The lowest BCUT2D eigenvalue weighted by Gasteiger charge is -1.95. The van der Waals surface area contributed by atoms with Crippen LogP contribution in [0.5, 0.6) is 0 Å². The second-order valence-corrected chi connectivity index (χ2v) is 2.53. The number of hydrogen-bond acceptors (Lipinski definition) is 3. The lowest BCUT2D eigenvalue weighted by molar-refractivity contribution is -0.137. The third-order valence-corrected chi connectivity index (χ3v) is 1.42. The minimum Gasteiger partial charge on any atom is -0.463 e. The van der Waals surface area contributed by atoms with E-state index in [4.69, 9.17) is 0 Å². The molecule has 0 aromatic heterocycles. The van der Waals surface area contributed by atoms with E-state index >= 15 is 0 Å². The summed E-state index contributed by atoms with van der Waals surface area (Å²) in [5.41, 5.74) is 0. The van der Waals surface area contributed by atoms with E-state index in [9.17, 15) is 4.79 Å². The SMILES string of the molecule is CCOC(=O)C=CNC1CC1. The molecule has 1 N–H and O–H groups in total. The number of ether oxygens (including phenoxy) is 1. The summed E-state index contributed by atoms with van der Waals surface area (Å²) < 4.78 is 4.68. The van der Waals surface area contributed by atoms with E-state index in [1.807, 2.05) is 0 Å². The van der Waals surface area contributed by atoms with Gasteiger partial charge in [0.15, 0.2) is 0 Å². The molecule has 0 atom stereocenters. The summed E-state index contributed by atoms with van der Waals surface area (Å²) in [6.45, 7) is 2.23. The zero-order chi connectivity index (χ0) is 8.10. The molecule has 1 rings (SSSR count). The first-order chi connectivity index (χ1) is 5.33. The molecule has 0 aliphatic heterocycles. The van der Waals surface area contributed by atoms with Crippen molar-refractivity contribution in [3.8, 4) is 0 Å². The Morgan fingerprint density at radius 3 is 3.00 bits per heavy atom. The van der Waals surface area contributed by atoms with Crippen molar-refractivity contribution in [3.63, 3.8) is 0 Å². The first kappa shape index (κ1) is 8.11. The maximum Gasteiger partial charge on any atom is 0.332 e. The van der Waals surface area contributed by atoms with E-state index in [1.54, 1.807) is 13.1 Å². The molecule has 0 unspecified atom stereocenters. The Hall–Kier alpha value is -0.990. The Morgan fingerprint density at radius 2 is 2.45 bits per heavy atom. The Kier molecular flexibility index (Phi) is 2.95. The van der Waals surface area contributed by atoms with Crippen molar-refractivity contribution >= 4 is 5.97 Å². The van der Waals surface area contributed by atoms with Gasteiger partial charge in [0.05, 0.1) is 6.61 Å². The van der Waals surface area contributed by atoms with Crippen LogP contribution in [0, 0.1) is 0 Å². The molecule has 3 heteroatoms. The van der Waals surface area contributed by atoms with Gasteiger partial charge in [0.2, 0.25) is 0 Å². The van der Waals surface area contributed by atoms with Crippen LogP contribution in [-0.2, 0) is 9.53 Å². The molecular formula is C8H13NO2. The lowest BCUT2D eigenvalue weighted by atomic mass is 10.6. The Bertz CT molecular complexity index is 161. The zero-order valence-corrected chi connectivity index (χ0v) is 6.67. The van der Waals surface area contributed by atoms with Crippen molar-refractivity contribution in [2.75, 3.05) is 6.61 Å². The van der Waals surface area contributed by atoms with Gasteiger partial charge in [-0.15, -0.1) is 0 Å². The summed E-state index contributed by atoms with van der Waals surface area (Å²) in [6, 6.07) is 0.598. The summed E-state index contributed by atoms with van der Waals surface area (Å²) >= 11 is 0. The van der Waals surface area contributed by atoms with Crippen LogP contribution in [0.4, 0.5) is 0 Å². The molecular weight excluding hydrogens is 142 g/mol. The second-order valence-electron chi connectivity index (χ2n) is 2.53. The van der Waals surface area contributed by atoms with E-state index < -0.39 is 0 Å². The van der Waals surface area contributed by atoms with E-state index in [-0.39, 0.29) is 5.97 Å². The molecule has 0 aromatic carbocycles. The molecule has 1 aliphatic carbocycles. The highest BCUT2D eigenvalue weighted by atomic mass is 16.5. The molecule has 62 valence electrons. The smallest absolute Gasteiger partial charge is 0.332 e. The van der Waals surface area contributed by atoms with Gasteiger partial charge in [-0.1, -0.05) is 0 Å². The average Bonchev–Trinajstić information content (AvgIpc) is 2.72. The van der Waals surface area contributed by atoms with Crippen LogP contribution in [0.1, 0.15) is 19.8 Å². The highest BCUT2D eigenvalue weighted by Gasteiger charge is 2.18. The third-order valence-electron chi connectivity index (χ3n) is 1.42. The Morgan fingerprint density at radius 1 is 1.73 bits per heavy atom. The number of esters is 1. The Labute approximate surface area is 66.4 Å². The van der Waals surface area contributed by atoms with Crippen molar-refractivity contribution in [1.82, 2.24) is 5.32 Å². The maximum absolute atomic E-state index is 10.7. The summed E-state index contributed by atoms with van der Waals surface area (Å²) in [6.07, 6.45) is 5.51. The summed E-state index contributed by atoms with van der Waals surface area (Å²) in [5.74, 6) is -0.277. The molecule has 3 nitrogen and oxygen atoms in total. The normalized spacial score (nSPS) is 16.8. The molecule has 11 heavy (non-hydrogen) atoms. The molecule has 1 fully saturated rings. The van der Waals surface area contributed by atoms with Crippen LogP contribution in [0.25, 0.3) is 0 Å². The molecule has 0 bridgehead atoms. The minimum absolute atomic E-state index is 0.277. The summed E-state index contributed by atoms with van der Waals surface area (Å²) in [7, 11) is 0. The van der Waals surface area contributed by atoms with E-state index in [0.29, 0.717) is 12.6 Å². The van der Waals surface area contributed by atoms with Crippen molar-refractivity contribution < 1.29 is 9.53 Å². The average molecular weight is 155 g/mol. The van der Waals surface area contributed by atoms with Crippen LogP contribution < -0.4 is 5.32 Å². The fourth-order valence-corrected chi connectivity index (χ4v) is 0.693. The Balaban J connectivity index is 2.06. The largest absolute Gasteiger partial charge is 0.463 e. The van der Waals surface area contributed by atoms with Crippen LogP contribution in [0.3, 0.4) is 0 Å². The molecule has 0 radical (unpaired) electrons. The van der Waals surface area contributed by atoms with Crippen molar-refractivity contribution in [1.29, 1.82) is 0 Å². The molecule has 0 heterocycles. The van der Waals surface area contributed by atoms with Gasteiger partial charge in [0.25, 0.3) is 0 Å². The van der Waals surface area contributed by atoms with Gasteiger partial charge >= 0.3 is 5.97 Å². The summed E-state index contributed by atoms with van der Waals surface area (Å²) in [4.78, 5) is 10.7. The van der Waals surface area contributed by atoms with E-state index in [1.165, 1.54) is 18.9 Å². The topological polar surface area (TPSA) is 38.3 Å².